The standard InChI is InChI=1S/C25H30N3O7P/c1-6-33-36(30,34-7-2)24(18-14-12-17(3)13-15-18)28-23(29)19-10-8-9-11-20(19)35-25-26-21(31-4)16-22(27-25)32-5/h8-16,24H,6-7H2,1-5H3,(H,28,29). The first-order valence-electron chi connectivity index (χ1n) is 11.3. The van der Waals surface area contributed by atoms with Crippen LogP contribution in [0, 0.1) is 6.92 Å². The number of methoxy groups -OCH3 is 2. The largest absolute Gasteiger partial charge is 0.481 e. The Hall–Kier alpha value is -3.46. The fourth-order valence-corrected chi connectivity index (χ4v) is 5.23. The fraction of sp³-hybridized carbons (Fsp3) is 0.320. The summed E-state index contributed by atoms with van der Waals surface area (Å²) in [7, 11) is -0.871. The maximum absolute atomic E-state index is 13.7. The molecule has 3 aromatic rings. The van der Waals surface area contributed by atoms with Gasteiger partial charge < -0.3 is 28.6 Å². The minimum atomic E-state index is -3.77. The number of hydrogen-bond acceptors (Lipinski definition) is 9. The molecule has 1 aromatic heterocycles. The molecule has 1 amide bonds. The van der Waals surface area contributed by atoms with Gasteiger partial charge in [-0.05, 0) is 38.5 Å². The Morgan fingerprint density at radius 1 is 0.944 bits per heavy atom. The number of rotatable bonds is 12. The highest BCUT2D eigenvalue weighted by molar-refractivity contribution is 7.54. The zero-order valence-corrected chi connectivity index (χ0v) is 21.8. The number of para-hydroxylation sites is 1. The Bertz CT molecular complexity index is 1190. The van der Waals surface area contributed by atoms with Crippen molar-refractivity contribution in [1.82, 2.24) is 15.3 Å². The number of nitrogens with zero attached hydrogens (tertiary/aromatic N) is 2. The van der Waals surface area contributed by atoms with E-state index in [9.17, 15) is 9.36 Å². The Kier molecular flexibility index (Phi) is 9.41. The SMILES string of the molecule is CCOP(=O)(OCC)C(NC(=O)c1ccccc1Oc1nc(OC)cc(OC)n1)c1ccc(C)cc1. The van der Waals surface area contributed by atoms with E-state index in [1.165, 1.54) is 20.3 Å². The van der Waals surface area contributed by atoms with Crippen LogP contribution < -0.4 is 19.5 Å². The molecule has 11 heteroatoms. The van der Waals surface area contributed by atoms with Crippen molar-refractivity contribution in [2.45, 2.75) is 26.6 Å². The summed E-state index contributed by atoms with van der Waals surface area (Å²) in [6.07, 6.45) is 0. The van der Waals surface area contributed by atoms with E-state index in [-0.39, 0.29) is 42.3 Å². The van der Waals surface area contributed by atoms with Gasteiger partial charge in [-0.25, -0.2) is 0 Å². The highest BCUT2D eigenvalue weighted by atomic mass is 31.2. The van der Waals surface area contributed by atoms with Crippen molar-refractivity contribution in [3.63, 3.8) is 0 Å². The lowest BCUT2D eigenvalue weighted by Crippen LogP contribution is -2.30. The summed E-state index contributed by atoms with van der Waals surface area (Å²) in [5.74, 6) is -0.965. The first-order valence-corrected chi connectivity index (χ1v) is 12.9. The van der Waals surface area contributed by atoms with Crippen LogP contribution in [-0.2, 0) is 13.6 Å². The molecule has 36 heavy (non-hydrogen) atoms. The summed E-state index contributed by atoms with van der Waals surface area (Å²) in [6, 6.07) is 15.3. The van der Waals surface area contributed by atoms with Crippen LogP contribution in [0.15, 0.2) is 54.6 Å². The van der Waals surface area contributed by atoms with Gasteiger partial charge >= 0.3 is 13.6 Å². The number of aromatic nitrogens is 2. The van der Waals surface area contributed by atoms with E-state index >= 15 is 0 Å². The third-order valence-electron chi connectivity index (χ3n) is 5.01. The first-order chi connectivity index (χ1) is 17.3. The van der Waals surface area contributed by atoms with Crippen LogP contribution >= 0.6 is 7.60 Å². The lowest BCUT2D eigenvalue weighted by molar-refractivity contribution is 0.0934. The van der Waals surface area contributed by atoms with E-state index in [1.807, 2.05) is 19.1 Å². The maximum Gasteiger partial charge on any atom is 0.357 e. The van der Waals surface area contributed by atoms with Crippen LogP contribution in [0.4, 0.5) is 0 Å². The smallest absolute Gasteiger partial charge is 0.357 e. The molecule has 3 rings (SSSR count). The molecule has 0 fully saturated rings. The molecule has 0 aliphatic heterocycles. The quantitative estimate of drug-likeness (QED) is 0.321. The third-order valence-corrected chi connectivity index (χ3v) is 7.30. The Labute approximate surface area is 210 Å². The van der Waals surface area contributed by atoms with Crippen molar-refractivity contribution in [3.8, 4) is 23.5 Å². The van der Waals surface area contributed by atoms with Crippen LogP contribution in [0.5, 0.6) is 23.5 Å². The Morgan fingerprint density at radius 3 is 2.08 bits per heavy atom. The number of nitrogens with one attached hydrogen (secondary N) is 1. The topological polar surface area (TPSA) is 118 Å². The molecule has 0 saturated heterocycles. The molecule has 1 N–H and O–H groups in total. The minimum absolute atomic E-state index is 0.0733. The number of amides is 1. The molecule has 0 spiro atoms. The molecular formula is C25H30N3O7P. The van der Waals surface area contributed by atoms with Gasteiger partial charge in [0.2, 0.25) is 11.8 Å². The van der Waals surface area contributed by atoms with E-state index in [0.29, 0.717) is 5.56 Å². The molecule has 10 nitrogen and oxygen atoms in total. The van der Waals surface area contributed by atoms with Crippen molar-refractivity contribution < 1.29 is 32.6 Å². The Morgan fingerprint density at radius 2 is 1.53 bits per heavy atom. The second kappa shape index (κ2) is 12.5. The number of ether oxygens (including phenoxy) is 3. The summed E-state index contributed by atoms with van der Waals surface area (Å²) in [6.45, 7) is 5.65. The molecule has 192 valence electrons. The molecule has 1 unspecified atom stereocenters. The second-order valence-electron chi connectivity index (χ2n) is 7.50. The van der Waals surface area contributed by atoms with Crippen LogP contribution in [0.25, 0.3) is 0 Å². The van der Waals surface area contributed by atoms with Gasteiger partial charge in [0.1, 0.15) is 5.75 Å². The zero-order chi connectivity index (χ0) is 26.1. The van der Waals surface area contributed by atoms with Crippen LogP contribution in [-0.4, -0.2) is 43.3 Å². The zero-order valence-electron chi connectivity index (χ0n) is 20.9. The van der Waals surface area contributed by atoms with E-state index in [1.54, 1.807) is 50.2 Å². The molecule has 2 aromatic carbocycles. The monoisotopic (exact) mass is 515 g/mol. The van der Waals surface area contributed by atoms with Gasteiger partial charge in [-0.1, -0.05) is 42.0 Å². The average molecular weight is 516 g/mol. The van der Waals surface area contributed by atoms with E-state index in [2.05, 4.69) is 15.3 Å². The van der Waals surface area contributed by atoms with Crippen molar-refractivity contribution in [2.75, 3.05) is 27.4 Å². The molecule has 0 radical (unpaired) electrons. The predicted molar refractivity (Wildman–Crippen MR) is 134 cm³/mol. The summed E-state index contributed by atoms with van der Waals surface area (Å²) >= 11 is 0. The van der Waals surface area contributed by atoms with E-state index in [4.69, 9.17) is 23.3 Å². The highest BCUT2D eigenvalue weighted by Crippen LogP contribution is 2.59. The third kappa shape index (κ3) is 6.60. The van der Waals surface area contributed by atoms with Crippen LogP contribution in [0.1, 0.15) is 41.1 Å². The summed E-state index contributed by atoms with van der Waals surface area (Å²) in [5, 5.41) is 2.83. The normalized spacial score (nSPS) is 12.0. The van der Waals surface area contributed by atoms with Crippen molar-refractivity contribution in [2.24, 2.45) is 0 Å². The van der Waals surface area contributed by atoms with Crippen molar-refractivity contribution in [1.29, 1.82) is 0 Å². The fourth-order valence-electron chi connectivity index (χ4n) is 3.32. The number of carbonyl (C=O) groups excluding carboxylic acids is 1. The van der Waals surface area contributed by atoms with Crippen molar-refractivity contribution >= 4 is 13.5 Å². The lowest BCUT2D eigenvalue weighted by atomic mass is 10.1. The average Bonchev–Trinajstić information content (AvgIpc) is 2.88. The summed E-state index contributed by atoms with van der Waals surface area (Å²) in [4.78, 5) is 21.8. The molecule has 1 heterocycles. The molecular weight excluding hydrogens is 485 g/mol. The number of aryl methyl sites for hydroxylation is 1. The van der Waals surface area contributed by atoms with Crippen LogP contribution in [0.2, 0.25) is 0 Å². The van der Waals surface area contributed by atoms with Gasteiger partial charge in [-0.3, -0.25) is 9.36 Å². The van der Waals surface area contributed by atoms with E-state index < -0.39 is 19.3 Å². The number of hydrogen-bond donors (Lipinski definition) is 1. The van der Waals surface area contributed by atoms with Crippen LogP contribution in [0.3, 0.4) is 0 Å². The van der Waals surface area contributed by atoms with Gasteiger partial charge in [0, 0.05) is 0 Å². The van der Waals surface area contributed by atoms with E-state index in [0.717, 1.165) is 5.56 Å². The molecule has 1 atom stereocenters. The first kappa shape index (κ1) is 27.1. The molecule has 0 aliphatic carbocycles. The van der Waals surface area contributed by atoms with Crippen molar-refractivity contribution in [3.05, 3.63) is 71.3 Å². The minimum Gasteiger partial charge on any atom is -0.481 e. The van der Waals surface area contributed by atoms with Gasteiger partial charge in [0.15, 0.2) is 5.78 Å². The molecule has 0 bridgehead atoms. The molecule has 0 aliphatic rings. The maximum atomic E-state index is 13.7. The summed E-state index contributed by atoms with van der Waals surface area (Å²) < 4.78 is 41.0. The van der Waals surface area contributed by atoms with Gasteiger partial charge in [0.05, 0.1) is 39.1 Å². The van der Waals surface area contributed by atoms with Gasteiger partial charge in [0.25, 0.3) is 5.91 Å². The van der Waals surface area contributed by atoms with Gasteiger partial charge in [-0.2, -0.15) is 9.97 Å². The number of benzene rings is 2. The number of carbonyl (C=O) groups is 1. The second-order valence-corrected chi connectivity index (χ2v) is 9.61. The summed E-state index contributed by atoms with van der Waals surface area (Å²) in [5.41, 5.74) is 1.76. The van der Waals surface area contributed by atoms with Gasteiger partial charge in [-0.15, -0.1) is 0 Å². The Balaban J connectivity index is 1.97. The lowest BCUT2D eigenvalue weighted by Gasteiger charge is -2.27. The predicted octanol–water partition coefficient (Wildman–Crippen LogP) is 5.29. The molecule has 0 saturated carbocycles. The highest BCUT2D eigenvalue weighted by Gasteiger charge is 2.38.